The van der Waals surface area contributed by atoms with Gasteiger partial charge in [0.15, 0.2) is 0 Å². The van der Waals surface area contributed by atoms with Crippen LogP contribution in [0.1, 0.15) is 47.2 Å². The van der Waals surface area contributed by atoms with Gasteiger partial charge in [0, 0.05) is 0 Å². The Hall–Kier alpha value is -1.80. The molecule has 0 radical (unpaired) electrons. The van der Waals surface area contributed by atoms with Crippen molar-refractivity contribution in [2.75, 3.05) is 0 Å². The molecule has 2 nitrogen and oxygen atoms in total. The summed E-state index contributed by atoms with van der Waals surface area (Å²) in [5.41, 5.74) is 5.11. The molecule has 0 atom stereocenters. The molecule has 16 heavy (non-hydrogen) atoms. The van der Waals surface area contributed by atoms with E-state index >= 15 is 0 Å². The third kappa shape index (κ3) is 2.23. The number of hydrogen-bond donors (Lipinski definition) is 0. The molecule has 0 aliphatic heterocycles. The molecule has 0 spiro atoms. The molecule has 0 aromatic heterocycles. The van der Waals surface area contributed by atoms with Crippen LogP contribution in [0.2, 0.25) is 0 Å². The van der Waals surface area contributed by atoms with Gasteiger partial charge < -0.3 is 0 Å². The van der Waals surface area contributed by atoms with Gasteiger partial charge in [-0.05, 0) is 49.9 Å². The van der Waals surface area contributed by atoms with E-state index in [-0.39, 0.29) is 0 Å². The molecule has 1 rings (SSSR count). The lowest BCUT2D eigenvalue weighted by molar-refractivity contribution is 1.18. The Labute approximate surface area is 98.1 Å². The molecule has 0 unspecified atom stereocenters. The highest BCUT2D eigenvalue weighted by atomic mass is 14.3. The predicted molar refractivity (Wildman–Crippen MR) is 66.2 cm³/mol. The van der Waals surface area contributed by atoms with Gasteiger partial charge in [-0.15, -0.1) is 0 Å². The topological polar surface area (TPSA) is 47.6 Å². The highest BCUT2D eigenvalue weighted by molar-refractivity contribution is 5.59. The summed E-state index contributed by atoms with van der Waals surface area (Å²) in [7, 11) is 0. The molecule has 0 fully saturated rings. The smallest absolute Gasteiger partial charge is 0.101 e. The van der Waals surface area contributed by atoms with Crippen LogP contribution in [0, 0.1) is 50.4 Å². The lowest BCUT2D eigenvalue weighted by Gasteiger charge is -2.12. The summed E-state index contributed by atoms with van der Waals surface area (Å²) in [6.45, 7) is 11.8. The van der Waals surface area contributed by atoms with Crippen molar-refractivity contribution in [1.82, 2.24) is 0 Å². The minimum Gasteiger partial charge on any atom is -0.192 e. The summed E-state index contributed by atoms with van der Waals surface area (Å²) < 4.78 is 0. The van der Waals surface area contributed by atoms with Gasteiger partial charge in [-0.1, -0.05) is 13.8 Å². The molecule has 0 saturated carbocycles. The summed E-state index contributed by atoms with van der Waals surface area (Å²) in [4.78, 5) is 0. The number of nitriles is 2. The molecular formula is C14H18N2. The quantitative estimate of drug-likeness (QED) is 0.661. The average Bonchev–Trinajstić information content (AvgIpc) is 2.33. The summed E-state index contributed by atoms with van der Waals surface area (Å²) in [6, 6.07) is 4.20. The van der Waals surface area contributed by atoms with Crippen LogP contribution in [0.3, 0.4) is 0 Å². The lowest BCUT2D eigenvalue weighted by atomic mass is 9.90. The molecule has 0 N–H and O–H groups in total. The Morgan fingerprint density at radius 1 is 0.625 bits per heavy atom. The van der Waals surface area contributed by atoms with Crippen molar-refractivity contribution in [3.63, 3.8) is 0 Å². The highest BCUT2D eigenvalue weighted by Crippen LogP contribution is 2.25. The van der Waals surface area contributed by atoms with Crippen LogP contribution >= 0.6 is 0 Å². The maximum Gasteiger partial charge on any atom is 0.101 e. The van der Waals surface area contributed by atoms with Crippen molar-refractivity contribution in [2.45, 2.75) is 41.5 Å². The van der Waals surface area contributed by atoms with Crippen LogP contribution in [0.15, 0.2) is 0 Å². The van der Waals surface area contributed by atoms with E-state index in [4.69, 9.17) is 10.5 Å². The van der Waals surface area contributed by atoms with E-state index < -0.39 is 0 Å². The average molecular weight is 214 g/mol. The molecule has 84 valence electrons. The van der Waals surface area contributed by atoms with E-state index in [1.54, 1.807) is 0 Å². The van der Waals surface area contributed by atoms with Crippen LogP contribution in [-0.4, -0.2) is 0 Å². The van der Waals surface area contributed by atoms with Gasteiger partial charge in [0.2, 0.25) is 0 Å². The van der Waals surface area contributed by atoms with E-state index in [1.807, 2.05) is 41.5 Å². The molecule has 1 aromatic rings. The molecular weight excluding hydrogens is 196 g/mol. The van der Waals surface area contributed by atoms with E-state index in [0.29, 0.717) is 11.1 Å². The van der Waals surface area contributed by atoms with Gasteiger partial charge in [0.1, 0.15) is 12.1 Å². The van der Waals surface area contributed by atoms with Crippen molar-refractivity contribution >= 4 is 0 Å². The standard InChI is InChI=1S/C12H12N2.C2H6/c1-7-8(2)10(4)12(6-14)11(5-13)9(7)3;1-2/h1-4H3;1-2H3. The van der Waals surface area contributed by atoms with Crippen molar-refractivity contribution in [3.8, 4) is 12.1 Å². The van der Waals surface area contributed by atoms with Crippen molar-refractivity contribution in [2.24, 2.45) is 0 Å². The second-order valence-corrected chi connectivity index (χ2v) is 3.47. The molecule has 1 aromatic carbocycles. The van der Waals surface area contributed by atoms with Crippen LogP contribution < -0.4 is 0 Å². The number of rotatable bonds is 0. The third-order valence-corrected chi connectivity index (χ3v) is 2.91. The maximum absolute atomic E-state index is 8.97. The SMILES string of the molecule is CC.Cc1c(C)c(C)c(C#N)c(C#N)c1C. The molecule has 0 aliphatic carbocycles. The molecule has 0 aliphatic rings. The summed E-state index contributed by atoms with van der Waals surface area (Å²) in [6.07, 6.45) is 0. The Morgan fingerprint density at radius 2 is 0.875 bits per heavy atom. The minimum absolute atomic E-state index is 0.521. The Kier molecular flexibility index (Phi) is 5.26. The van der Waals surface area contributed by atoms with Crippen LogP contribution in [0.5, 0.6) is 0 Å². The third-order valence-electron chi connectivity index (χ3n) is 2.91. The van der Waals surface area contributed by atoms with Gasteiger partial charge >= 0.3 is 0 Å². The van der Waals surface area contributed by atoms with Crippen molar-refractivity contribution < 1.29 is 0 Å². The molecule has 2 heteroatoms. The fourth-order valence-corrected chi connectivity index (χ4v) is 1.59. The first-order valence-electron chi connectivity index (χ1n) is 5.45. The van der Waals surface area contributed by atoms with Crippen LogP contribution in [-0.2, 0) is 0 Å². The normalized spacial score (nSPS) is 8.50. The van der Waals surface area contributed by atoms with Crippen molar-refractivity contribution in [3.05, 3.63) is 33.4 Å². The second kappa shape index (κ2) is 5.93. The largest absolute Gasteiger partial charge is 0.192 e. The van der Waals surface area contributed by atoms with Gasteiger partial charge in [-0.2, -0.15) is 10.5 Å². The zero-order valence-electron chi connectivity index (χ0n) is 10.9. The first-order valence-corrected chi connectivity index (χ1v) is 5.45. The first-order chi connectivity index (χ1) is 7.54. The molecule has 0 heterocycles. The van der Waals surface area contributed by atoms with Gasteiger partial charge in [0.25, 0.3) is 0 Å². The van der Waals surface area contributed by atoms with Crippen LogP contribution in [0.25, 0.3) is 0 Å². The summed E-state index contributed by atoms with van der Waals surface area (Å²) in [5.74, 6) is 0. The van der Waals surface area contributed by atoms with E-state index in [1.165, 1.54) is 0 Å². The Balaban J connectivity index is 0.00000106. The van der Waals surface area contributed by atoms with Gasteiger partial charge in [0.05, 0.1) is 11.1 Å². The minimum atomic E-state index is 0.521. The van der Waals surface area contributed by atoms with Crippen molar-refractivity contribution in [1.29, 1.82) is 10.5 Å². The fraction of sp³-hybridized carbons (Fsp3) is 0.429. The predicted octanol–water partition coefficient (Wildman–Crippen LogP) is 3.69. The number of hydrogen-bond acceptors (Lipinski definition) is 2. The lowest BCUT2D eigenvalue weighted by Crippen LogP contribution is -2.00. The second-order valence-electron chi connectivity index (χ2n) is 3.47. The molecule has 0 bridgehead atoms. The zero-order chi connectivity index (χ0) is 12.9. The van der Waals surface area contributed by atoms with Crippen LogP contribution in [0.4, 0.5) is 0 Å². The number of benzene rings is 1. The number of nitrogens with zero attached hydrogens (tertiary/aromatic N) is 2. The Morgan fingerprint density at radius 3 is 1.06 bits per heavy atom. The van der Waals surface area contributed by atoms with E-state index in [0.717, 1.165) is 22.3 Å². The highest BCUT2D eigenvalue weighted by Gasteiger charge is 2.13. The fourth-order valence-electron chi connectivity index (χ4n) is 1.59. The monoisotopic (exact) mass is 214 g/mol. The van der Waals surface area contributed by atoms with E-state index in [2.05, 4.69) is 12.1 Å². The summed E-state index contributed by atoms with van der Waals surface area (Å²) >= 11 is 0. The molecule has 0 saturated heterocycles. The maximum atomic E-state index is 8.97. The van der Waals surface area contributed by atoms with Gasteiger partial charge in [-0.3, -0.25) is 0 Å². The van der Waals surface area contributed by atoms with Gasteiger partial charge in [-0.25, -0.2) is 0 Å². The first kappa shape index (κ1) is 14.2. The molecule has 0 amide bonds. The Bertz CT molecular complexity index is 426. The van der Waals surface area contributed by atoms with E-state index in [9.17, 15) is 0 Å². The zero-order valence-corrected chi connectivity index (χ0v) is 10.9. The summed E-state index contributed by atoms with van der Waals surface area (Å²) in [5, 5.41) is 17.9.